The predicted octanol–water partition coefficient (Wildman–Crippen LogP) is -0.464. The fraction of sp³-hybridized carbons (Fsp3) is 1.00. The quantitative estimate of drug-likeness (QED) is 0.657. The highest BCUT2D eigenvalue weighted by molar-refractivity contribution is 7.91. The Morgan fingerprint density at radius 1 is 1.54 bits per heavy atom. The normalized spacial score (nSPS) is 33.1. The van der Waals surface area contributed by atoms with E-state index < -0.39 is 15.4 Å². The Balaban J connectivity index is 2.76. The molecule has 0 saturated carbocycles. The van der Waals surface area contributed by atoms with Gasteiger partial charge >= 0.3 is 0 Å². The first-order valence-corrected chi connectivity index (χ1v) is 6.42. The van der Waals surface area contributed by atoms with Gasteiger partial charge in [-0.15, -0.1) is 0 Å². The summed E-state index contributed by atoms with van der Waals surface area (Å²) >= 11 is 0. The van der Waals surface area contributed by atoms with Crippen molar-refractivity contribution >= 4 is 9.84 Å². The molecular weight excluding hydrogens is 190 g/mol. The number of aliphatic hydroxyl groups is 1. The molecule has 13 heavy (non-hydrogen) atoms. The van der Waals surface area contributed by atoms with Crippen LogP contribution in [0.15, 0.2) is 0 Å². The van der Waals surface area contributed by atoms with E-state index in [1.54, 1.807) is 0 Å². The van der Waals surface area contributed by atoms with Gasteiger partial charge in [0.15, 0.2) is 9.84 Å². The minimum absolute atomic E-state index is 0.0737. The van der Waals surface area contributed by atoms with Gasteiger partial charge in [-0.3, -0.25) is 0 Å². The number of likely N-dealkylation sites (N-methyl/N-ethyl adjacent to an activating group) is 1. The van der Waals surface area contributed by atoms with E-state index in [1.807, 2.05) is 6.92 Å². The molecule has 1 rings (SSSR count). The monoisotopic (exact) mass is 207 g/mol. The lowest BCUT2D eigenvalue weighted by Crippen LogP contribution is -2.56. The Morgan fingerprint density at radius 3 is 2.69 bits per heavy atom. The molecule has 0 aliphatic carbocycles. The van der Waals surface area contributed by atoms with Crippen LogP contribution in [0.1, 0.15) is 19.8 Å². The average molecular weight is 207 g/mol. The summed E-state index contributed by atoms with van der Waals surface area (Å²) in [5.41, 5.74) is -0.578. The molecule has 0 spiro atoms. The third-order valence-electron chi connectivity index (χ3n) is 2.46. The lowest BCUT2D eigenvalue weighted by molar-refractivity contribution is 0.165. The highest BCUT2D eigenvalue weighted by Crippen LogP contribution is 2.22. The highest BCUT2D eigenvalue weighted by Gasteiger charge is 2.37. The largest absolute Gasteiger partial charge is 0.394 e. The van der Waals surface area contributed by atoms with Crippen LogP contribution in [0.5, 0.6) is 0 Å². The van der Waals surface area contributed by atoms with E-state index in [2.05, 4.69) is 5.32 Å². The van der Waals surface area contributed by atoms with Crippen LogP contribution in [0.3, 0.4) is 0 Å². The number of aliphatic hydroxyl groups excluding tert-OH is 1. The highest BCUT2D eigenvalue weighted by atomic mass is 32.2. The van der Waals surface area contributed by atoms with Crippen LogP contribution in [-0.4, -0.2) is 43.7 Å². The topological polar surface area (TPSA) is 66.4 Å². The molecule has 78 valence electrons. The van der Waals surface area contributed by atoms with Crippen LogP contribution >= 0.6 is 0 Å². The van der Waals surface area contributed by atoms with E-state index in [4.69, 9.17) is 0 Å². The zero-order chi connectivity index (χ0) is 9.95. The molecule has 1 aliphatic rings. The Hall–Kier alpha value is -0.130. The molecule has 1 atom stereocenters. The number of hydrogen-bond donors (Lipinski definition) is 2. The van der Waals surface area contributed by atoms with E-state index in [-0.39, 0.29) is 18.1 Å². The van der Waals surface area contributed by atoms with Crippen molar-refractivity contribution in [3.05, 3.63) is 0 Å². The van der Waals surface area contributed by atoms with E-state index in [0.717, 1.165) is 6.42 Å². The van der Waals surface area contributed by atoms with E-state index >= 15 is 0 Å². The maximum absolute atomic E-state index is 11.3. The van der Waals surface area contributed by atoms with Gasteiger partial charge in [0, 0.05) is 0 Å². The van der Waals surface area contributed by atoms with Gasteiger partial charge in [-0.25, -0.2) is 8.42 Å². The maximum Gasteiger partial charge on any atom is 0.152 e. The number of sulfone groups is 1. The van der Waals surface area contributed by atoms with Crippen LogP contribution in [0.2, 0.25) is 0 Å². The van der Waals surface area contributed by atoms with E-state index in [9.17, 15) is 13.5 Å². The van der Waals surface area contributed by atoms with E-state index in [1.165, 1.54) is 0 Å². The zero-order valence-electron chi connectivity index (χ0n) is 7.91. The molecule has 1 heterocycles. The molecule has 4 nitrogen and oxygen atoms in total. The summed E-state index contributed by atoms with van der Waals surface area (Å²) in [5.74, 6) is 0.338. The van der Waals surface area contributed by atoms with Crippen molar-refractivity contribution in [3.63, 3.8) is 0 Å². The van der Waals surface area contributed by atoms with Crippen molar-refractivity contribution < 1.29 is 13.5 Å². The Labute approximate surface area is 79.3 Å². The van der Waals surface area contributed by atoms with Gasteiger partial charge in [0.2, 0.25) is 0 Å². The van der Waals surface area contributed by atoms with Gasteiger partial charge in [0.1, 0.15) is 0 Å². The second-order valence-electron chi connectivity index (χ2n) is 3.66. The Bertz CT molecular complexity index is 259. The van der Waals surface area contributed by atoms with Gasteiger partial charge in [-0.05, 0) is 19.4 Å². The second-order valence-corrected chi connectivity index (χ2v) is 5.85. The fourth-order valence-electron chi connectivity index (χ4n) is 1.89. The van der Waals surface area contributed by atoms with Crippen LogP contribution in [0.4, 0.5) is 0 Å². The molecule has 0 aromatic heterocycles. The van der Waals surface area contributed by atoms with Crippen LogP contribution in [-0.2, 0) is 9.84 Å². The number of nitrogens with one attached hydrogen (secondary N) is 1. The molecule has 1 unspecified atom stereocenters. The van der Waals surface area contributed by atoms with Crippen molar-refractivity contribution in [1.82, 2.24) is 5.32 Å². The summed E-state index contributed by atoms with van der Waals surface area (Å²) < 4.78 is 22.7. The van der Waals surface area contributed by atoms with Gasteiger partial charge in [0.05, 0.1) is 23.7 Å². The minimum atomic E-state index is -2.95. The summed E-state index contributed by atoms with van der Waals surface area (Å²) in [6.07, 6.45) is 1.40. The smallest absolute Gasteiger partial charge is 0.152 e. The molecule has 2 N–H and O–H groups in total. The van der Waals surface area contributed by atoms with Gasteiger partial charge in [0.25, 0.3) is 0 Å². The van der Waals surface area contributed by atoms with Crippen molar-refractivity contribution in [3.8, 4) is 0 Å². The summed E-state index contributed by atoms with van der Waals surface area (Å²) in [4.78, 5) is 0. The van der Waals surface area contributed by atoms with Crippen molar-refractivity contribution in [2.75, 3.05) is 24.7 Å². The molecule has 0 amide bonds. The molecule has 5 heteroatoms. The minimum Gasteiger partial charge on any atom is -0.394 e. The molecule has 0 radical (unpaired) electrons. The summed E-state index contributed by atoms with van der Waals surface area (Å²) in [6, 6.07) is 0. The molecule has 1 saturated heterocycles. The fourth-order valence-corrected chi connectivity index (χ4v) is 3.80. The van der Waals surface area contributed by atoms with Crippen LogP contribution in [0, 0.1) is 0 Å². The molecule has 0 aromatic rings. The summed E-state index contributed by atoms with van der Waals surface area (Å²) in [6.45, 7) is 2.51. The number of hydrogen-bond acceptors (Lipinski definition) is 4. The SMILES string of the molecule is CCNC1(CO)CCCS(=O)(=O)C1. The predicted molar refractivity (Wildman–Crippen MR) is 51.4 cm³/mol. The first kappa shape index (κ1) is 10.9. The van der Waals surface area contributed by atoms with Crippen molar-refractivity contribution in [1.29, 1.82) is 0 Å². The summed E-state index contributed by atoms with van der Waals surface area (Å²) in [5, 5.41) is 12.3. The third-order valence-corrected chi connectivity index (χ3v) is 4.36. The number of rotatable bonds is 3. The average Bonchev–Trinajstić information content (AvgIpc) is 2.03. The van der Waals surface area contributed by atoms with Gasteiger partial charge in [-0.2, -0.15) is 0 Å². The first-order chi connectivity index (χ1) is 6.04. The maximum atomic E-state index is 11.3. The van der Waals surface area contributed by atoms with Crippen LogP contribution in [0.25, 0.3) is 0 Å². The second kappa shape index (κ2) is 3.94. The molecule has 0 aromatic carbocycles. The lowest BCUT2D eigenvalue weighted by atomic mass is 9.96. The van der Waals surface area contributed by atoms with Crippen molar-refractivity contribution in [2.24, 2.45) is 0 Å². The first-order valence-electron chi connectivity index (χ1n) is 4.60. The van der Waals surface area contributed by atoms with Crippen LogP contribution < -0.4 is 5.32 Å². The standard InChI is InChI=1S/C8H17NO3S/c1-2-9-8(6-10)4-3-5-13(11,12)7-8/h9-10H,2-7H2,1H3. The zero-order valence-corrected chi connectivity index (χ0v) is 8.73. The van der Waals surface area contributed by atoms with Gasteiger partial charge < -0.3 is 10.4 Å². The Morgan fingerprint density at radius 2 is 2.23 bits per heavy atom. The third kappa shape index (κ3) is 2.65. The van der Waals surface area contributed by atoms with E-state index in [0.29, 0.717) is 13.0 Å². The lowest BCUT2D eigenvalue weighted by Gasteiger charge is -2.35. The molecular formula is C8H17NO3S. The van der Waals surface area contributed by atoms with Gasteiger partial charge in [-0.1, -0.05) is 6.92 Å². The molecule has 1 aliphatic heterocycles. The molecule has 1 fully saturated rings. The van der Waals surface area contributed by atoms with Crippen molar-refractivity contribution in [2.45, 2.75) is 25.3 Å². The molecule has 0 bridgehead atoms. The summed E-state index contributed by atoms with van der Waals surface area (Å²) in [7, 11) is -2.95. The Kier molecular flexibility index (Phi) is 3.32.